The standard InChI is InChI=1S/C21H21F3N4O3S/c1-30-16-7-5-14(6-8-16)19-26-27-20(32)28(19)11-9-18(29)25-10-12-31-17-4-2-3-15(13-17)21(22,23)24/h2-8,13H,9-12H2,1H3,(H,25,29)(H,27,32). The summed E-state index contributed by atoms with van der Waals surface area (Å²) in [5, 5.41) is 9.63. The highest BCUT2D eigenvalue weighted by Crippen LogP contribution is 2.31. The molecule has 1 aromatic heterocycles. The van der Waals surface area contributed by atoms with Crippen LogP contribution in [-0.2, 0) is 17.5 Å². The van der Waals surface area contributed by atoms with E-state index < -0.39 is 11.7 Å². The molecule has 1 amide bonds. The number of ether oxygens (including phenoxy) is 2. The average molecular weight is 466 g/mol. The topological polar surface area (TPSA) is 81.2 Å². The van der Waals surface area contributed by atoms with Crippen LogP contribution in [0.25, 0.3) is 11.4 Å². The molecule has 0 aliphatic rings. The summed E-state index contributed by atoms with van der Waals surface area (Å²) in [5.74, 6) is 1.14. The van der Waals surface area contributed by atoms with E-state index in [9.17, 15) is 18.0 Å². The molecule has 170 valence electrons. The first-order valence-electron chi connectivity index (χ1n) is 9.64. The summed E-state index contributed by atoms with van der Waals surface area (Å²) in [7, 11) is 1.58. The molecule has 1 heterocycles. The maximum Gasteiger partial charge on any atom is 0.416 e. The van der Waals surface area contributed by atoms with Crippen molar-refractivity contribution in [1.82, 2.24) is 20.1 Å². The third kappa shape index (κ3) is 6.10. The van der Waals surface area contributed by atoms with Crippen molar-refractivity contribution in [2.45, 2.75) is 19.1 Å². The number of hydrogen-bond donors (Lipinski definition) is 2. The zero-order chi connectivity index (χ0) is 23.1. The molecular formula is C21H21F3N4O3S. The molecule has 3 rings (SSSR count). The maximum absolute atomic E-state index is 12.7. The molecule has 32 heavy (non-hydrogen) atoms. The molecule has 0 spiro atoms. The van der Waals surface area contributed by atoms with Crippen molar-refractivity contribution in [1.29, 1.82) is 0 Å². The number of halogens is 3. The lowest BCUT2D eigenvalue weighted by Gasteiger charge is -2.11. The quantitative estimate of drug-likeness (QED) is 0.365. The van der Waals surface area contributed by atoms with Gasteiger partial charge in [-0.3, -0.25) is 14.5 Å². The van der Waals surface area contributed by atoms with Gasteiger partial charge in [0, 0.05) is 18.5 Å². The zero-order valence-electron chi connectivity index (χ0n) is 17.1. The predicted octanol–water partition coefficient (Wildman–Crippen LogP) is 4.22. The van der Waals surface area contributed by atoms with E-state index in [1.807, 2.05) is 12.1 Å². The van der Waals surface area contributed by atoms with Crippen LogP contribution in [0.3, 0.4) is 0 Å². The highest BCUT2D eigenvalue weighted by Gasteiger charge is 2.30. The van der Waals surface area contributed by atoms with Gasteiger partial charge in [-0.15, -0.1) is 0 Å². The van der Waals surface area contributed by atoms with Gasteiger partial charge < -0.3 is 14.8 Å². The number of H-pyrrole nitrogens is 1. The van der Waals surface area contributed by atoms with E-state index in [1.54, 1.807) is 23.8 Å². The summed E-state index contributed by atoms with van der Waals surface area (Å²) < 4.78 is 50.7. The first-order chi connectivity index (χ1) is 15.3. The minimum absolute atomic E-state index is 0.0370. The van der Waals surface area contributed by atoms with Gasteiger partial charge >= 0.3 is 6.18 Å². The number of benzene rings is 2. The Bertz CT molecular complexity index is 1110. The smallest absolute Gasteiger partial charge is 0.416 e. The molecule has 0 aliphatic carbocycles. The second kappa shape index (κ2) is 10.3. The van der Waals surface area contributed by atoms with Gasteiger partial charge in [-0.1, -0.05) is 6.07 Å². The molecule has 11 heteroatoms. The Morgan fingerprint density at radius 2 is 1.94 bits per heavy atom. The lowest BCUT2D eigenvalue weighted by Crippen LogP contribution is -2.28. The third-order valence-electron chi connectivity index (χ3n) is 4.52. The van der Waals surface area contributed by atoms with Gasteiger partial charge in [0.25, 0.3) is 0 Å². The summed E-state index contributed by atoms with van der Waals surface area (Å²) in [6.45, 7) is 0.490. The number of nitrogens with zero attached hydrogens (tertiary/aromatic N) is 2. The van der Waals surface area contributed by atoms with Crippen molar-refractivity contribution in [2.75, 3.05) is 20.3 Å². The average Bonchev–Trinajstić information content (AvgIpc) is 3.15. The van der Waals surface area contributed by atoms with E-state index >= 15 is 0 Å². The van der Waals surface area contributed by atoms with Crippen LogP contribution in [0, 0.1) is 4.77 Å². The van der Waals surface area contributed by atoms with E-state index in [4.69, 9.17) is 21.7 Å². The van der Waals surface area contributed by atoms with E-state index in [1.165, 1.54) is 12.1 Å². The van der Waals surface area contributed by atoms with Crippen molar-refractivity contribution >= 4 is 18.1 Å². The van der Waals surface area contributed by atoms with Crippen LogP contribution in [0.2, 0.25) is 0 Å². The lowest BCUT2D eigenvalue weighted by molar-refractivity contribution is -0.137. The van der Waals surface area contributed by atoms with E-state index in [2.05, 4.69) is 15.5 Å². The molecular weight excluding hydrogens is 445 g/mol. The third-order valence-corrected chi connectivity index (χ3v) is 4.83. The molecule has 2 N–H and O–H groups in total. The number of aromatic amines is 1. The van der Waals surface area contributed by atoms with Crippen molar-refractivity contribution < 1.29 is 27.4 Å². The Labute approximate surface area is 187 Å². The van der Waals surface area contributed by atoms with Crippen LogP contribution < -0.4 is 14.8 Å². The van der Waals surface area contributed by atoms with Gasteiger partial charge in [0.15, 0.2) is 10.6 Å². The van der Waals surface area contributed by atoms with E-state index in [-0.39, 0.29) is 31.2 Å². The molecule has 0 atom stereocenters. The van der Waals surface area contributed by atoms with Gasteiger partial charge in [-0.25, -0.2) is 0 Å². The van der Waals surface area contributed by atoms with Crippen molar-refractivity contribution in [2.24, 2.45) is 0 Å². The van der Waals surface area contributed by atoms with Gasteiger partial charge in [-0.05, 0) is 54.7 Å². The lowest BCUT2D eigenvalue weighted by atomic mass is 10.2. The molecule has 0 bridgehead atoms. The molecule has 0 aliphatic heterocycles. The minimum Gasteiger partial charge on any atom is -0.497 e. The normalized spacial score (nSPS) is 11.2. The summed E-state index contributed by atoms with van der Waals surface area (Å²) in [4.78, 5) is 12.2. The summed E-state index contributed by atoms with van der Waals surface area (Å²) in [6.07, 6.45) is -4.30. The first-order valence-corrected chi connectivity index (χ1v) is 10.0. The minimum atomic E-state index is -4.44. The van der Waals surface area contributed by atoms with Crippen LogP contribution in [0.15, 0.2) is 48.5 Å². The van der Waals surface area contributed by atoms with Crippen LogP contribution in [-0.4, -0.2) is 40.9 Å². The molecule has 3 aromatic rings. The number of nitrogens with one attached hydrogen (secondary N) is 2. The fourth-order valence-electron chi connectivity index (χ4n) is 2.91. The van der Waals surface area contributed by atoms with Gasteiger partial charge in [-0.2, -0.15) is 18.3 Å². The number of carbonyl (C=O) groups excluding carboxylic acids is 1. The number of amides is 1. The van der Waals surface area contributed by atoms with Crippen molar-refractivity contribution in [3.63, 3.8) is 0 Å². The number of aromatic nitrogens is 3. The number of alkyl halides is 3. The predicted molar refractivity (Wildman–Crippen MR) is 114 cm³/mol. The second-order valence-electron chi connectivity index (χ2n) is 6.71. The zero-order valence-corrected chi connectivity index (χ0v) is 17.9. The van der Waals surface area contributed by atoms with Crippen molar-refractivity contribution in [3.8, 4) is 22.9 Å². The fourth-order valence-corrected chi connectivity index (χ4v) is 3.13. The van der Waals surface area contributed by atoms with Crippen LogP contribution >= 0.6 is 12.2 Å². The Morgan fingerprint density at radius 1 is 1.19 bits per heavy atom. The van der Waals surface area contributed by atoms with Gasteiger partial charge in [0.1, 0.15) is 18.1 Å². The largest absolute Gasteiger partial charge is 0.497 e. The summed E-state index contributed by atoms with van der Waals surface area (Å²) in [6, 6.07) is 11.9. The fraction of sp³-hybridized carbons (Fsp3) is 0.286. The van der Waals surface area contributed by atoms with Crippen LogP contribution in [0.5, 0.6) is 11.5 Å². The van der Waals surface area contributed by atoms with Crippen molar-refractivity contribution in [3.05, 3.63) is 58.9 Å². The Hall–Kier alpha value is -3.34. The molecule has 2 aromatic carbocycles. The van der Waals surface area contributed by atoms with E-state index in [0.717, 1.165) is 17.7 Å². The van der Waals surface area contributed by atoms with Crippen LogP contribution in [0.1, 0.15) is 12.0 Å². The Kier molecular flexibility index (Phi) is 7.52. The highest BCUT2D eigenvalue weighted by atomic mass is 32.1. The monoisotopic (exact) mass is 466 g/mol. The van der Waals surface area contributed by atoms with Gasteiger partial charge in [0.05, 0.1) is 19.2 Å². The molecule has 0 radical (unpaired) electrons. The van der Waals surface area contributed by atoms with Crippen LogP contribution in [0.4, 0.5) is 13.2 Å². The summed E-state index contributed by atoms with van der Waals surface area (Å²) in [5.41, 5.74) is 0.0246. The SMILES string of the molecule is COc1ccc(-c2n[nH]c(=S)n2CCC(=O)NCCOc2cccc(C(F)(F)F)c2)cc1. The Morgan fingerprint density at radius 3 is 2.62 bits per heavy atom. The number of methoxy groups -OCH3 is 1. The van der Waals surface area contributed by atoms with Gasteiger partial charge in [0.2, 0.25) is 5.91 Å². The number of hydrogen-bond acceptors (Lipinski definition) is 5. The van der Waals surface area contributed by atoms with E-state index in [0.29, 0.717) is 22.9 Å². The summed E-state index contributed by atoms with van der Waals surface area (Å²) >= 11 is 5.26. The highest BCUT2D eigenvalue weighted by molar-refractivity contribution is 7.71. The molecule has 0 unspecified atom stereocenters. The number of carbonyl (C=O) groups is 1. The Balaban J connectivity index is 1.49. The molecule has 0 saturated heterocycles. The molecule has 7 nitrogen and oxygen atoms in total. The maximum atomic E-state index is 12.7. The number of rotatable bonds is 9. The second-order valence-corrected chi connectivity index (χ2v) is 7.09. The first kappa shape index (κ1) is 23.3. The molecule has 0 fully saturated rings. The molecule has 0 saturated carbocycles.